The first-order valence-electron chi connectivity index (χ1n) is 12.9. The minimum atomic E-state index is -0.314. The van der Waals surface area contributed by atoms with Crippen LogP contribution in [0, 0.1) is 0 Å². The number of hydrogen-bond acceptors (Lipinski definition) is 6. The Morgan fingerprint density at radius 2 is 1.73 bits per heavy atom. The molecule has 204 valence electrons. The number of furan rings is 1. The lowest BCUT2D eigenvalue weighted by Gasteiger charge is -2.14. The fraction of sp³-hybridized carbons (Fsp3) is 0.0938. The second-order valence-corrected chi connectivity index (χ2v) is 10.4. The van der Waals surface area contributed by atoms with Gasteiger partial charge in [-0.3, -0.25) is 4.79 Å². The molecule has 0 radical (unpaired) electrons. The minimum absolute atomic E-state index is 0.297. The van der Waals surface area contributed by atoms with Gasteiger partial charge in [-0.25, -0.2) is 4.98 Å². The maximum atomic E-state index is 13.6. The molecule has 0 atom stereocenters. The zero-order valence-corrected chi connectivity index (χ0v) is 24.2. The zero-order valence-electron chi connectivity index (χ0n) is 21.9. The number of fused-ring (bicyclic) bond motifs is 2. The molecule has 0 aliphatic rings. The highest BCUT2D eigenvalue weighted by atomic mass is 79.9. The highest BCUT2D eigenvalue weighted by Gasteiger charge is 2.17. The normalized spacial score (nSPS) is 11.5. The summed E-state index contributed by atoms with van der Waals surface area (Å²) in [5, 5.41) is 6.60. The number of ether oxygens (including phenoxy) is 2. The number of halogens is 2. The summed E-state index contributed by atoms with van der Waals surface area (Å²) in [6.07, 6.45) is 1.58. The molecule has 4 aromatic carbocycles. The zero-order chi connectivity index (χ0) is 28.3. The fourth-order valence-electron chi connectivity index (χ4n) is 4.37. The van der Waals surface area contributed by atoms with Crippen molar-refractivity contribution < 1.29 is 13.9 Å². The van der Waals surface area contributed by atoms with E-state index in [1.807, 2.05) is 79.7 Å². The van der Waals surface area contributed by atoms with Crippen LogP contribution in [0.25, 0.3) is 33.5 Å². The predicted molar refractivity (Wildman–Crippen MR) is 165 cm³/mol. The summed E-state index contributed by atoms with van der Waals surface area (Å²) < 4.78 is 20.0. The molecule has 9 heteroatoms. The van der Waals surface area contributed by atoms with Crippen LogP contribution in [-0.2, 0) is 6.61 Å². The summed E-state index contributed by atoms with van der Waals surface area (Å²) in [5.41, 5.74) is 2.59. The van der Waals surface area contributed by atoms with Crippen molar-refractivity contribution in [1.82, 2.24) is 9.66 Å². The van der Waals surface area contributed by atoms with Gasteiger partial charge in [0.25, 0.3) is 5.56 Å². The van der Waals surface area contributed by atoms with E-state index < -0.39 is 0 Å². The Morgan fingerprint density at radius 3 is 2.54 bits per heavy atom. The number of para-hydroxylation sites is 2. The van der Waals surface area contributed by atoms with Crippen LogP contribution in [0.3, 0.4) is 0 Å². The van der Waals surface area contributed by atoms with E-state index in [1.54, 1.807) is 24.4 Å². The molecule has 41 heavy (non-hydrogen) atoms. The highest BCUT2D eigenvalue weighted by molar-refractivity contribution is 9.10. The van der Waals surface area contributed by atoms with Gasteiger partial charge in [-0.1, -0.05) is 54.1 Å². The molecule has 0 fully saturated rings. The number of aromatic nitrogens is 2. The van der Waals surface area contributed by atoms with E-state index in [-0.39, 0.29) is 5.56 Å². The number of hydrogen-bond donors (Lipinski definition) is 0. The average Bonchev–Trinajstić information content (AvgIpc) is 3.42. The Bertz CT molecular complexity index is 1930. The standard InChI is InChI=1S/C32H23BrClN3O4/c1-2-39-28-16-22(25(33)17-29(28)40-19-20-11-13-23(34)14-12-20)18-35-37-31(30-15-21-7-3-6-10-27(21)41-30)36-26-9-5-4-8-24(26)32(37)38/h3-18H,2,19H2,1H3. The van der Waals surface area contributed by atoms with Crippen LogP contribution in [0.2, 0.25) is 5.02 Å². The molecule has 0 aliphatic heterocycles. The van der Waals surface area contributed by atoms with Gasteiger partial charge in [-0.15, -0.1) is 0 Å². The van der Waals surface area contributed by atoms with Crippen LogP contribution < -0.4 is 15.0 Å². The van der Waals surface area contributed by atoms with E-state index in [1.165, 1.54) is 4.68 Å². The SMILES string of the molecule is CCOc1cc(C=Nn2c(-c3cc4ccccc4o3)nc3ccccc3c2=O)c(Br)cc1OCc1ccc(Cl)cc1. The lowest BCUT2D eigenvalue weighted by Crippen LogP contribution is -2.20. The van der Waals surface area contributed by atoms with Crippen molar-refractivity contribution in [1.29, 1.82) is 0 Å². The Hall–Kier alpha value is -4.40. The van der Waals surface area contributed by atoms with Gasteiger partial charge in [-0.05, 0) is 76.9 Å². The maximum absolute atomic E-state index is 13.6. The smallest absolute Gasteiger partial charge is 0.282 e. The minimum Gasteiger partial charge on any atom is -0.490 e. The molecule has 2 aromatic heterocycles. The largest absolute Gasteiger partial charge is 0.490 e. The summed E-state index contributed by atoms with van der Waals surface area (Å²) in [6, 6.07) is 27.8. The van der Waals surface area contributed by atoms with Gasteiger partial charge in [0.05, 0.1) is 23.7 Å². The van der Waals surface area contributed by atoms with Crippen molar-refractivity contribution in [2.45, 2.75) is 13.5 Å². The number of benzene rings is 4. The lowest BCUT2D eigenvalue weighted by molar-refractivity contribution is 0.269. The van der Waals surface area contributed by atoms with E-state index >= 15 is 0 Å². The molecule has 0 saturated heterocycles. The molecule has 0 saturated carbocycles. The monoisotopic (exact) mass is 627 g/mol. The van der Waals surface area contributed by atoms with E-state index in [4.69, 9.17) is 30.5 Å². The van der Waals surface area contributed by atoms with E-state index in [0.717, 1.165) is 10.9 Å². The number of rotatable bonds is 8. The third-order valence-corrected chi connectivity index (χ3v) is 7.32. The van der Waals surface area contributed by atoms with Gasteiger partial charge >= 0.3 is 0 Å². The third kappa shape index (κ3) is 5.62. The van der Waals surface area contributed by atoms with Crippen LogP contribution in [0.4, 0.5) is 0 Å². The van der Waals surface area contributed by atoms with Crippen LogP contribution >= 0.6 is 27.5 Å². The molecule has 0 unspecified atom stereocenters. The molecule has 6 aromatic rings. The fourth-order valence-corrected chi connectivity index (χ4v) is 4.93. The Morgan fingerprint density at radius 1 is 0.976 bits per heavy atom. The molecule has 0 N–H and O–H groups in total. The first-order valence-corrected chi connectivity index (χ1v) is 14.1. The molecular formula is C32H23BrClN3O4. The van der Waals surface area contributed by atoms with Crippen LogP contribution in [0.5, 0.6) is 11.5 Å². The quantitative estimate of drug-likeness (QED) is 0.159. The Kier molecular flexibility index (Phi) is 7.59. The van der Waals surface area contributed by atoms with Gasteiger partial charge in [0, 0.05) is 20.4 Å². The summed E-state index contributed by atoms with van der Waals surface area (Å²) in [5.74, 6) is 1.85. The van der Waals surface area contributed by atoms with Gasteiger partial charge in [0.1, 0.15) is 12.2 Å². The third-order valence-electron chi connectivity index (χ3n) is 6.38. The Labute approximate surface area is 248 Å². The first kappa shape index (κ1) is 26.8. The molecule has 2 heterocycles. The van der Waals surface area contributed by atoms with Crippen molar-refractivity contribution in [2.75, 3.05) is 6.61 Å². The molecular weight excluding hydrogens is 606 g/mol. The highest BCUT2D eigenvalue weighted by Crippen LogP contribution is 2.34. The molecule has 6 rings (SSSR count). The van der Waals surface area contributed by atoms with Gasteiger partial charge < -0.3 is 13.9 Å². The first-order chi connectivity index (χ1) is 20.0. The second kappa shape index (κ2) is 11.6. The van der Waals surface area contributed by atoms with Crippen molar-refractivity contribution >= 4 is 55.6 Å². The molecule has 7 nitrogen and oxygen atoms in total. The molecule has 0 aliphatic carbocycles. The summed E-state index contributed by atoms with van der Waals surface area (Å²) in [6.45, 7) is 2.69. The van der Waals surface area contributed by atoms with Crippen LogP contribution in [0.15, 0.2) is 110 Å². The summed E-state index contributed by atoms with van der Waals surface area (Å²) in [4.78, 5) is 18.4. The van der Waals surface area contributed by atoms with Crippen LogP contribution in [0.1, 0.15) is 18.1 Å². The average molecular weight is 629 g/mol. The van der Waals surface area contributed by atoms with E-state index in [0.29, 0.717) is 67.8 Å². The number of nitrogens with zero attached hydrogens (tertiary/aromatic N) is 3. The molecule has 0 bridgehead atoms. The van der Waals surface area contributed by atoms with E-state index in [9.17, 15) is 4.79 Å². The van der Waals surface area contributed by atoms with Gasteiger partial charge in [0.15, 0.2) is 17.3 Å². The van der Waals surface area contributed by atoms with E-state index in [2.05, 4.69) is 21.0 Å². The topological polar surface area (TPSA) is 78.9 Å². The van der Waals surface area contributed by atoms with Gasteiger partial charge in [0.2, 0.25) is 5.82 Å². The lowest BCUT2D eigenvalue weighted by atomic mass is 10.2. The van der Waals surface area contributed by atoms with Crippen molar-refractivity contribution in [2.24, 2.45) is 5.10 Å². The molecule has 0 amide bonds. The second-order valence-electron chi connectivity index (χ2n) is 9.13. The summed E-state index contributed by atoms with van der Waals surface area (Å²) >= 11 is 9.62. The van der Waals surface area contributed by atoms with Crippen molar-refractivity contribution in [3.05, 3.63) is 122 Å². The molecule has 0 spiro atoms. The Balaban J connectivity index is 1.40. The van der Waals surface area contributed by atoms with Crippen molar-refractivity contribution in [3.63, 3.8) is 0 Å². The van der Waals surface area contributed by atoms with Crippen LogP contribution in [-0.4, -0.2) is 22.5 Å². The predicted octanol–water partition coefficient (Wildman–Crippen LogP) is 8.09. The van der Waals surface area contributed by atoms with Gasteiger partial charge in [-0.2, -0.15) is 9.78 Å². The summed E-state index contributed by atoms with van der Waals surface area (Å²) in [7, 11) is 0. The maximum Gasteiger partial charge on any atom is 0.282 e. The van der Waals surface area contributed by atoms with Crippen molar-refractivity contribution in [3.8, 4) is 23.1 Å².